The van der Waals surface area contributed by atoms with Crippen LogP contribution < -0.4 is 5.32 Å². The number of nitrogens with zero attached hydrogens (tertiary/aromatic N) is 1. The maximum absolute atomic E-state index is 13.7. The number of rotatable bonds is 3. The Labute approximate surface area is 120 Å². The minimum Gasteiger partial charge on any atom is -0.376 e. The van der Waals surface area contributed by atoms with Gasteiger partial charge in [0.15, 0.2) is 0 Å². The van der Waals surface area contributed by atoms with Gasteiger partial charge >= 0.3 is 0 Å². The minimum atomic E-state index is -0.523. The molecule has 0 aliphatic heterocycles. The smallest absolute Gasteiger partial charge is 0.147 e. The Morgan fingerprint density at radius 3 is 2.50 bits per heavy atom. The largest absolute Gasteiger partial charge is 0.376 e. The van der Waals surface area contributed by atoms with Gasteiger partial charge in [-0.1, -0.05) is 17.7 Å². The molecule has 0 spiro atoms. The molecule has 2 nitrogen and oxygen atoms in total. The lowest BCUT2D eigenvalue weighted by Crippen LogP contribution is -2.08. The molecule has 2 aromatic carbocycles. The van der Waals surface area contributed by atoms with Crippen molar-refractivity contribution < 1.29 is 8.78 Å². The molecule has 0 aliphatic rings. The fourth-order valence-corrected chi connectivity index (χ4v) is 1.92. The van der Waals surface area contributed by atoms with Gasteiger partial charge in [0, 0.05) is 6.04 Å². The highest BCUT2D eigenvalue weighted by atomic mass is 35.5. The van der Waals surface area contributed by atoms with Gasteiger partial charge in [-0.05, 0) is 42.8 Å². The third-order valence-electron chi connectivity index (χ3n) is 2.91. The molecular formula is C15H11ClF2N2. The summed E-state index contributed by atoms with van der Waals surface area (Å²) in [4.78, 5) is 0. The number of hydrogen-bond donors (Lipinski definition) is 1. The van der Waals surface area contributed by atoms with E-state index < -0.39 is 11.6 Å². The molecule has 0 fully saturated rings. The summed E-state index contributed by atoms with van der Waals surface area (Å²) in [5.74, 6) is -1.04. The Kier molecular flexibility index (Phi) is 4.21. The third kappa shape index (κ3) is 3.06. The second-order valence-electron chi connectivity index (χ2n) is 4.35. The van der Waals surface area contributed by atoms with Gasteiger partial charge in [-0.15, -0.1) is 0 Å². The summed E-state index contributed by atoms with van der Waals surface area (Å²) in [5, 5.41) is 11.7. The molecule has 2 rings (SSSR count). The summed E-state index contributed by atoms with van der Waals surface area (Å²) < 4.78 is 27.1. The van der Waals surface area contributed by atoms with Crippen molar-refractivity contribution in [2.45, 2.75) is 13.0 Å². The van der Waals surface area contributed by atoms with Crippen molar-refractivity contribution in [3.63, 3.8) is 0 Å². The molecule has 20 heavy (non-hydrogen) atoms. The Morgan fingerprint density at radius 2 is 1.90 bits per heavy atom. The van der Waals surface area contributed by atoms with E-state index in [4.69, 9.17) is 16.9 Å². The van der Waals surface area contributed by atoms with E-state index in [1.165, 1.54) is 24.3 Å². The van der Waals surface area contributed by atoms with E-state index in [-0.39, 0.29) is 22.3 Å². The van der Waals surface area contributed by atoms with E-state index in [1.807, 2.05) is 6.07 Å². The van der Waals surface area contributed by atoms with Crippen LogP contribution in [0.15, 0.2) is 36.4 Å². The molecule has 0 amide bonds. The van der Waals surface area contributed by atoms with Gasteiger partial charge in [0.25, 0.3) is 0 Å². The van der Waals surface area contributed by atoms with Crippen LogP contribution in [-0.4, -0.2) is 0 Å². The molecule has 0 heterocycles. The first kappa shape index (κ1) is 14.3. The zero-order valence-corrected chi connectivity index (χ0v) is 11.4. The molecule has 0 aromatic heterocycles. The zero-order valence-electron chi connectivity index (χ0n) is 10.6. The van der Waals surface area contributed by atoms with Crippen LogP contribution in [0, 0.1) is 23.0 Å². The van der Waals surface area contributed by atoms with Crippen LogP contribution in [0.25, 0.3) is 0 Å². The second kappa shape index (κ2) is 5.89. The van der Waals surface area contributed by atoms with Crippen molar-refractivity contribution in [3.8, 4) is 6.07 Å². The predicted octanol–water partition coefficient (Wildman–Crippen LogP) is 4.66. The molecule has 0 radical (unpaired) electrons. The van der Waals surface area contributed by atoms with E-state index in [1.54, 1.807) is 13.0 Å². The molecule has 0 bridgehead atoms. The first-order chi connectivity index (χ1) is 9.51. The van der Waals surface area contributed by atoms with E-state index >= 15 is 0 Å². The fourth-order valence-electron chi connectivity index (χ4n) is 1.80. The Hall–Kier alpha value is -2.12. The maximum Gasteiger partial charge on any atom is 0.147 e. The maximum atomic E-state index is 13.7. The number of benzene rings is 2. The van der Waals surface area contributed by atoms with E-state index in [0.717, 1.165) is 6.07 Å². The van der Waals surface area contributed by atoms with Crippen LogP contribution in [0.1, 0.15) is 24.1 Å². The average molecular weight is 293 g/mol. The van der Waals surface area contributed by atoms with Gasteiger partial charge in [0.1, 0.15) is 11.6 Å². The number of anilines is 1. The quantitative estimate of drug-likeness (QED) is 0.893. The van der Waals surface area contributed by atoms with Gasteiger partial charge in [-0.25, -0.2) is 8.78 Å². The van der Waals surface area contributed by atoms with E-state index in [0.29, 0.717) is 5.56 Å². The highest BCUT2D eigenvalue weighted by molar-refractivity contribution is 6.30. The summed E-state index contributed by atoms with van der Waals surface area (Å²) in [5.41, 5.74) is 1.15. The van der Waals surface area contributed by atoms with E-state index in [9.17, 15) is 8.78 Å². The van der Waals surface area contributed by atoms with Gasteiger partial charge in [-0.3, -0.25) is 0 Å². The van der Waals surface area contributed by atoms with Crippen molar-refractivity contribution in [3.05, 3.63) is 64.2 Å². The fraction of sp³-hybridized carbons (Fsp3) is 0.133. The molecule has 0 aliphatic carbocycles. The highest BCUT2D eigenvalue weighted by Crippen LogP contribution is 2.25. The number of halogens is 3. The lowest BCUT2D eigenvalue weighted by atomic mass is 10.1. The zero-order chi connectivity index (χ0) is 14.7. The molecule has 102 valence electrons. The van der Waals surface area contributed by atoms with Crippen molar-refractivity contribution in [2.24, 2.45) is 0 Å². The van der Waals surface area contributed by atoms with Crippen molar-refractivity contribution >= 4 is 17.3 Å². The molecule has 2 aromatic rings. The predicted molar refractivity (Wildman–Crippen MR) is 74.6 cm³/mol. The average Bonchev–Trinajstić information content (AvgIpc) is 2.43. The molecule has 5 heteroatoms. The van der Waals surface area contributed by atoms with Crippen molar-refractivity contribution in [2.75, 3.05) is 5.32 Å². The Bertz CT molecular complexity index is 680. The molecule has 1 unspecified atom stereocenters. The normalized spacial score (nSPS) is 11.8. The summed E-state index contributed by atoms with van der Waals surface area (Å²) in [7, 11) is 0. The second-order valence-corrected chi connectivity index (χ2v) is 4.75. The highest BCUT2D eigenvalue weighted by Gasteiger charge is 2.11. The van der Waals surface area contributed by atoms with Crippen molar-refractivity contribution in [1.29, 1.82) is 5.26 Å². The first-order valence-electron chi connectivity index (χ1n) is 5.92. The van der Waals surface area contributed by atoms with Crippen LogP contribution >= 0.6 is 11.6 Å². The van der Waals surface area contributed by atoms with Crippen LogP contribution in [0.3, 0.4) is 0 Å². The van der Waals surface area contributed by atoms with Gasteiger partial charge in [0.05, 0.1) is 22.3 Å². The SMILES string of the molecule is CC(Nc1ccc(C#N)cc1F)c1ccc(Cl)c(F)c1. The Balaban J connectivity index is 2.21. The topological polar surface area (TPSA) is 35.8 Å². The molecule has 1 N–H and O–H groups in total. The number of nitrogens with one attached hydrogen (secondary N) is 1. The summed E-state index contributed by atoms with van der Waals surface area (Å²) in [6, 6.07) is 10.1. The van der Waals surface area contributed by atoms with Crippen LogP contribution in [0.5, 0.6) is 0 Å². The molecule has 0 saturated heterocycles. The lowest BCUT2D eigenvalue weighted by molar-refractivity contribution is 0.621. The van der Waals surface area contributed by atoms with Crippen LogP contribution in [-0.2, 0) is 0 Å². The lowest BCUT2D eigenvalue weighted by Gasteiger charge is -2.16. The van der Waals surface area contributed by atoms with Gasteiger partial charge in [-0.2, -0.15) is 5.26 Å². The number of hydrogen-bond acceptors (Lipinski definition) is 2. The standard InChI is InChI=1S/C15H11ClF2N2/c1-9(11-3-4-12(16)13(17)7-11)20-15-5-2-10(8-19)6-14(15)18/h2-7,9,20H,1H3. The molecule has 0 saturated carbocycles. The third-order valence-corrected chi connectivity index (χ3v) is 3.22. The van der Waals surface area contributed by atoms with Crippen LogP contribution in [0.2, 0.25) is 5.02 Å². The van der Waals surface area contributed by atoms with Gasteiger partial charge in [0.2, 0.25) is 0 Å². The van der Waals surface area contributed by atoms with Crippen LogP contribution in [0.4, 0.5) is 14.5 Å². The number of nitriles is 1. The molecule has 1 atom stereocenters. The monoisotopic (exact) mass is 292 g/mol. The Morgan fingerprint density at radius 1 is 1.15 bits per heavy atom. The summed E-state index contributed by atoms with van der Waals surface area (Å²) in [6.07, 6.45) is 0. The summed E-state index contributed by atoms with van der Waals surface area (Å²) >= 11 is 5.62. The first-order valence-corrected chi connectivity index (χ1v) is 6.30. The van der Waals surface area contributed by atoms with Gasteiger partial charge < -0.3 is 5.32 Å². The minimum absolute atomic E-state index is 0.0468. The van der Waals surface area contributed by atoms with E-state index in [2.05, 4.69) is 5.32 Å². The molecular weight excluding hydrogens is 282 g/mol. The summed E-state index contributed by atoms with van der Waals surface area (Å²) in [6.45, 7) is 1.78. The van der Waals surface area contributed by atoms with Crippen molar-refractivity contribution in [1.82, 2.24) is 0 Å².